The van der Waals surface area contributed by atoms with E-state index in [1.807, 2.05) is 0 Å². The lowest BCUT2D eigenvalue weighted by Crippen LogP contribution is -2.17. The fourth-order valence-corrected chi connectivity index (χ4v) is 2.14. The maximum atomic E-state index is 11.0. The fraction of sp³-hybridized carbons (Fsp3) is 0.875. The summed E-state index contributed by atoms with van der Waals surface area (Å²) in [5.41, 5.74) is 5.46. The lowest BCUT2D eigenvalue weighted by molar-refractivity contribution is -0.137. The first kappa shape index (κ1) is 9.86. The summed E-state index contributed by atoms with van der Waals surface area (Å²) in [4.78, 5) is 11.0. The van der Waals surface area contributed by atoms with E-state index in [2.05, 4.69) is 6.92 Å². The van der Waals surface area contributed by atoms with Gasteiger partial charge in [0.25, 0.3) is 0 Å². The molecule has 1 saturated heterocycles. The Morgan fingerprint density at radius 2 is 2.58 bits per heavy atom. The molecular weight excluding hydrogens is 174 g/mol. The molecule has 70 valence electrons. The van der Waals surface area contributed by atoms with E-state index in [9.17, 15) is 4.79 Å². The standard InChI is InChI=1S/C8H15NO2S/c1-6(4-9)5-12-7-2-3-11-8(7)10/h6-7H,2-5,9H2,1H3. The van der Waals surface area contributed by atoms with Crippen LogP contribution in [-0.2, 0) is 9.53 Å². The lowest BCUT2D eigenvalue weighted by Gasteiger charge is -2.09. The summed E-state index contributed by atoms with van der Waals surface area (Å²) >= 11 is 1.67. The average Bonchev–Trinajstić information content (AvgIpc) is 2.47. The molecule has 12 heavy (non-hydrogen) atoms. The number of cyclic esters (lactones) is 1. The Balaban J connectivity index is 2.18. The van der Waals surface area contributed by atoms with Gasteiger partial charge >= 0.3 is 5.97 Å². The maximum absolute atomic E-state index is 11.0. The number of rotatable bonds is 4. The van der Waals surface area contributed by atoms with E-state index in [1.54, 1.807) is 11.8 Å². The van der Waals surface area contributed by atoms with Gasteiger partial charge in [0.1, 0.15) is 5.25 Å². The highest BCUT2D eigenvalue weighted by Crippen LogP contribution is 2.23. The third kappa shape index (κ3) is 2.68. The third-order valence-corrected chi connectivity index (χ3v) is 3.46. The van der Waals surface area contributed by atoms with Crippen molar-refractivity contribution in [2.75, 3.05) is 18.9 Å². The third-order valence-electron chi connectivity index (χ3n) is 1.87. The van der Waals surface area contributed by atoms with E-state index in [0.717, 1.165) is 12.2 Å². The van der Waals surface area contributed by atoms with Gasteiger partial charge in [-0.15, -0.1) is 11.8 Å². The number of thioether (sulfide) groups is 1. The van der Waals surface area contributed by atoms with Crippen LogP contribution in [0.4, 0.5) is 0 Å². The van der Waals surface area contributed by atoms with E-state index < -0.39 is 0 Å². The molecule has 0 radical (unpaired) electrons. The molecule has 0 amide bonds. The van der Waals surface area contributed by atoms with E-state index in [-0.39, 0.29) is 11.2 Å². The first-order valence-corrected chi connectivity index (χ1v) is 5.27. The summed E-state index contributed by atoms with van der Waals surface area (Å²) in [7, 11) is 0. The van der Waals surface area contributed by atoms with Crippen molar-refractivity contribution in [2.24, 2.45) is 11.7 Å². The summed E-state index contributed by atoms with van der Waals surface area (Å²) < 4.78 is 4.84. The van der Waals surface area contributed by atoms with Crippen molar-refractivity contribution >= 4 is 17.7 Å². The Kier molecular flexibility index (Phi) is 3.88. The largest absolute Gasteiger partial charge is 0.465 e. The number of nitrogens with two attached hydrogens (primary N) is 1. The summed E-state index contributed by atoms with van der Waals surface area (Å²) in [6.07, 6.45) is 0.862. The minimum atomic E-state index is -0.0516. The van der Waals surface area contributed by atoms with Gasteiger partial charge in [0.05, 0.1) is 6.61 Å². The molecule has 1 fully saturated rings. The molecule has 0 aromatic rings. The van der Waals surface area contributed by atoms with Gasteiger partial charge in [0, 0.05) is 6.42 Å². The fourth-order valence-electron chi connectivity index (χ4n) is 0.977. The zero-order chi connectivity index (χ0) is 8.97. The van der Waals surface area contributed by atoms with Gasteiger partial charge in [-0.25, -0.2) is 0 Å². The van der Waals surface area contributed by atoms with Gasteiger partial charge in [-0.2, -0.15) is 0 Å². The van der Waals surface area contributed by atoms with Crippen LogP contribution in [0.5, 0.6) is 0 Å². The van der Waals surface area contributed by atoms with Crippen LogP contribution in [0.15, 0.2) is 0 Å². The highest BCUT2D eigenvalue weighted by Gasteiger charge is 2.26. The van der Waals surface area contributed by atoms with Crippen molar-refractivity contribution in [3.8, 4) is 0 Å². The molecule has 0 saturated carbocycles. The highest BCUT2D eigenvalue weighted by molar-refractivity contribution is 8.00. The molecule has 2 N–H and O–H groups in total. The molecule has 0 aliphatic carbocycles. The molecule has 1 aliphatic heterocycles. The summed E-state index contributed by atoms with van der Waals surface area (Å²) in [6, 6.07) is 0. The lowest BCUT2D eigenvalue weighted by atomic mass is 10.2. The number of carbonyl (C=O) groups is 1. The summed E-state index contributed by atoms with van der Waals surface area (Å²) in [6.45, 7) is 3.37. The molecule has 3 nitrogen and oxygen atoms in total. The monoisotopic (exact) mass is 189 g/mol. The van der Waals surface area contributed by atoms with Gasteiger partial charge in [0.2, 0.25) is 0 Å². The minimum Gasteiger partial charge on any atom is -0.465 e. The van der Waals surface area contributed by atoms with Crippen LogP contribution in [0.25, 0.3) is 0 Å². The van der Waals surface area contributed by atoms with Crippen LogP contribution in [0.1, 0.15) is 13.3 Å². The SMILES string of the molecule is CC(CN)CSC1CCOC1=O. The Morgan fingerprint density at radius 1 is 1.83 bits per heavy atom. The first-order chi connectivity index (χ1) is 5.74. The van der Waals surface area contributed by atoms with Crippen LogP contribution < -0.4 is 5.73 Å². The number of ether oxygens (including phenoxy) is 1. The van der Waals surface area contributed by atoms with Crippen LogP contribution in [0.2, 0.25) is 0 Å². The van der Waals surface area contributed by atoms with Gasteiger partial charge in [-0.1, -0.05) is 6.92 Å². The molecule has 2 atom stereocenters. The summed E-state index contributed by atoms with van der Waals surface area (Å²) in [5.74, 6) is 1.39. The van der Waals surface area contributed by atoms with Gasteiger partial charge in [-0.05, 0) is 18.2 Å². The zero-order valence-corrected chi connectivity index (χ0v) is 8.10. The second-order valence-corrected chi connectivity index (χ2v) is 4.35. The quantitative estimate of drug-likeness (QED) is 0.659. The molecule has 0 spiro atoms. The van der Waals surface area contributed by atoms with Crippen molar-refractivity contribution in [2.45, 2.75) is 18.6 Å². The Hall–Kier alpha value is -0.220. The number of hydrogen-bond acceptors (Lipinski definition) is 4. The molecule has 1 heterocycles. The Labute approximate surface area is 77.0 Å². The summed E-state index contributed by atoms with van der Waals surface area (Å²) in [5, 5.41) is 0.0685. The van der Waals surface area contributed by atoms with Crippen molar-refractivity contribution in [1.29, 1.82) is 0 Å². The number of hydrogen-bond donors (Lipinski definition) is 1. The molecular formula is C8H15NO2S. The molecule has 0 bridgehead atoms. The normalized spacial score (nSPS) is 25.5. The smallest absolute Gasteiger partial charge is 0.319 e. The predicted molar refractivity (Wildman–Crippen MR) is 50.0 cm³/mol. The molecule has 2 unspecified atom stereocenters. The Bertz CT molecular complexity index is 163. The van der Waals surface area contributed by atoms with E-state index in [4.69, 9.17) is 10.5 Å². The number of carbonyl (C=O) groups excluding carboxylic acids is 1. The van der Waals surface area contributed by atoms with Crippen LogP contribution in [-0.4, -0.2) is 30.1 Å². The Morgan fingerprint density at radius 3 is 3.08 bits per heavy atom. The van der Waals surface area contributed by atoms with E-state index in [0.29, 0.717) is 19.1 Å². The second-order valence-electron chi connectivity index (χ2n) is 3.12. The first-order valence-electron chi connectivity index (χ1n) is 4.22. The highest BCUT2D eigenvalue weighted by atomic mass is 32.2. The average molecular weight is 189 g/mol. The zero-order valence-electron chi connectivity index (χ0n) is 7.29. The topological polar surface area (TPSA) is 52.3 Å². The molecule has 1 rings (SSSR count). The predicted octanol–water partition coefficient (Wildman–Crippen LogP) is 0.630. The van der Waals surface area contributed by atoms with Gasteiger partial charge in [-0.3, -0.25) is 4.79 Å². The second kappa shape index (κ2) is 4.72. The maximum Gasteiger partial charge on any atom is 0.319 e. The van der Waals surface area contributed by atoms with Crippen LogP contribution in [0, 0.1) is 5.92 Å². The molecule has 0 aromatic heterocycles. The van der Waals surface area contributed by atoms with E-state index in [1.165, 1.54) is 0 Å². The van der Waals surface area contributed by atoms with Gasteiger partial charge < -0.3 is 10.5 Å². The van der Waals surface area contributed by atoms with Crippen LogP contribution >= 0.6 is 11.8 Å². The van der Waals surface area contributed by atoms with E-state index >= 15 is 0 Å². The van der Waals surface area contributed by atoms with Crippen molar-refractivity contribution in [3.05, 3.63) is 0 Å². The van der Waals surface area contributed by atoms with Crippen LogP contribution in [0.3, 0.4) is 0 Å². The molecule has 0 aromatic carbocycles. The minimum absolute atomic E-state index is 0.0516. The molecule has 4 heteroatoms. The number of esters is 1. The van der Waals surface area contributed by atoms with Crippen molar-refractivity contribution in [3.63, 3.8) is 0 Å². The van der Waals surface area contributed by atoms with Crippen molar-refractivity contribution < 1.29 is 9.53 Å². The van der Waals surface area contributed by atoms with Gasteiger partial charge in [0.15, 0.2) is 0 Å². The van der Waals surface area contributed by atoms with Crippen molar-refractivity contribution in [1.82, 2.24) is 0 Å². The molecule has 1 aliphatic rings.